The van der Waals surface area contributed by atoms with Gasteiger partial charge in [-0.05, 0) is 68.8 Å². The Labute approximate surface area is 133 Å². The summed E-state index contributed by atoms with van der Waals surface area (Å²) in [5.74, 6) is 0.216. The number of carbonyl (C=O) groups is 1. The minimum atomic E-state index is 0. The van der Waals surface area contributed by atoms with Crippen molar-refractivity contribution < 1.29 is 4.79 Å². The van der Waals surface area contributed by atoms with Gasteiger partial charge in [0.2, 0.25) is 0 Å². The van der Waals surface area contributed by atoms with Gasteiger partial charge in [0.1, 0.15) is 0 Å². The Hall–Kier alpha value is -1.06. The highest BCUT2D eigenvalue weighted by atomic mass is 35.5. The molecule has 0 unspecified atom stereocenters. The molecule has 1 heterocycles. The maximum absolute atomic E-state index is 12.6. The Morgan fingerprint density at radius 3 is 2.48 bits per heavy atom. The number of aryl methyl sites for hydroxylation is 2. The van der Waals surface area contributed by atoms with Crippen molar-refractivity contribution in [3.05, 3.63) is 34.9 Å². The second-order valence-electron chi connectivity index (χ2n) is 6.05. The van der Waals surface area contributed by atoms with Crippen molar-refractivity contribution in [1.29, 1.82) is 0 Å². The summed E-state index contributed by atoms with van der Waals surface area (Å²) in [6.07, 6.45) is 6.99. The van der Waals surface area contributed by atoms with Crippen molar-refractivity contribution in [3.63, 3.8) is 0 Å². The van der Waals surface area contributed by atoms with Gasteiger partial charge < -0.3 is 10.2 Å². The number of nitrogens with one attached hydrogen (secondary N) is 1. The van der Waals surface area contributed by atoms with Crippen molar-refractivity contribution in [2.75, 3.05) is 20.1 Å². The summed E-state index contributed by atoms with van der Waals surface area (Å²) in [6, 6.07) is 6.90. The first kappa shape index (κ1) is 16.3. The minimum absolute atomic E-state index is 0. The van der Waals surface area contributed by atoms with Crippen LogP contribution in [0.5, 0.6) is 0 Å². The van der Waals surface area contributed by atoms with E-state index in [4.69, 9.17) is 0 Å². The number of amides is 1. The fraction of sp³-hybridized carbons (Fsp3) is 0.588. The van der Waals surface area contributed by atoms with E-state index in [0.29, 0.717) is 6.04 Å². The van der Waals surface area contributed by atoms with Crippen molar-refractivity contribution >= 4 is 18.3 Å². The van der Waals surface area contributed by atoms with Gasteiger partial charge in [0, 0.05) is 24.7 Å². The van der Waals surface area contributed by atoms with Crippen LogP contribution in [0, 0.1) is 0 Å². The SMILES string of the molecule is CNC1CCN(C(=O)c2ccc3c(c2)CCCC3)CC1.Cl. The third-order valence-corrected chi connectivity index (χ3v) is 4.79. The monoisotopic (exact) mass is 308 g/mol. The molecule has 1 aromatic rings. The van der Waals surface area contributed by atoms with Gasteiger partial charge in [-0.2, -0.15) is 0 Å². The van der Waals surface area contributed by atoms with E-state index in [1.807, 2.05) is 18.0 Å². The molecule has 0 saturated carbocycles. The van der Waals surface area contributed by atoms with Crippen LogP contribution in [0.1, 0.15) is 47.2 Å². The lowest BCUT2D eigenvalue weighted by Crippen LogP contribution is -2.44. The van der Waals surface area contributed by atoms with Gasteiger partial charge in [-0.25, -0.2) is 0 Å². The molecular weight excluding hydrogens is 284 g/mol. The molecule has 1 N–H and O–H groups in total. The third kappa shape index (κ3) is 3.58. The summed E-state index contributed by atoms with van der Waals surface area (Å²) < 4.78 is 0. The molecule has 21 heavy (non-hydrogen) atoms. The molecule has 0 spiro atoms. The summed E-state index contributed by atoms with van der Waals surface area (Å²) in [5.41, 5.74) is 3.72. The first-order valence-corrected chi connectivity index (χ1v) is 7.86. The van der Waals surface area contributed by atoms with Crippen molar-refractivity contribution in [3.8, 4) is 0 Å². The average molecular weight is 309 g/mol. The molecule has 3 rings (SSSR count). The number of hydrogen-bond acceptors (Lipinski definition) is 2. The smallest absolute Gasteiger partial charge is 0.253 e. The van der Waals surface area contributed by atoms with Crippen molar-refractivity contribution in [2.24, 2.45) is 0 Å². The first-order valence-electron chi connectivity index (χ1n) is 7.86. The second-order valence-corrected chi connectivity index (χ2v) is 6.05. The number of fused-ring (bicyclic) bond motifs is 1. The van der Waals surface area contributed by atoms with Crippen LogP contribution in [0.3, 0.4) is 0 Å². The predicted molar refractivity (Wildman–Crippen MR) is 88.3 cm³/mol. The summed E-state index contributed by atoms with van der Waals surface area (Å²) in [5, 5.41) is 3.31. The molecule has 0 radical (unpaired) electrons. The van der Waals surface area contributed by atoms with Crippen molar-refractivity contribution in [2.45, 2.75) is 44.6 Å². The highest BCUT2D eigenvalue weighted by molar-refractivity contribution is 5.94. The highest BCUT2D eigenvalue weighted by Gasteiger charge is 2.23. The molecule has 4 heteroatoms. The summed E-state index contributed by atoms with van der Waals surface area (Å²) >= 11 is 0. The van der Waals surface area contributed by atoms with Crippen molar-refractivity contribution in [1.82, 2.24) is 10.2 Å². The molecule has 1 aliphatic carbocycles. The number of rotatable bonds is 2. The topological polar surface area (TPSA) is 32.3 Å². The zero-order valence-electron chi connectivity index (χ0n) is 12.7. The summed E-state index contributed by atoms with van der Waals surface area (Å²) in [6.45, 7) is 1.75. The van der Waals surface area contributed by atoms with Gasteiger partial charge >= 0.3 is 0 Å². The van der Waals surface area contributed by atoms with Gasteiger partial charge in [-0.1, -0.05) is 6.07 Å². The number of hydrogen-bond donors (Lipinski definition) is 1. The Balaban J connectivity index is 0.00000161. The van der Waals surface area contributed by atoms with E-state index in [9.17, 15) is 4.79 Å². The number of carbonyl (C=O) groups excluding carboxylic acids is 1. The molecule has 1 fully saturated rings. The normalized spacial score (nSPS) is 18.8. The van der Waals surface area contributed by atoms with E-state index in [0.717, 1.165) is 37.9 Å². The number of likely N-dealkylation sites (tertiary alicyclic amines) is 1. The first-order chi connectivity index (χ1) is 9.78. The zero-order chi connectivity index (χ0) is 13.9. The molecule has 1 aromatic carbocycles. The molecule has 0 bridgehead atoms. The van der Waals surface area contributed by atoms with E-state index >= 15 is 0 Å². The van der Waals surface area contributed by atoms with Gasteiger partial charge in [-0.15, -0.1) is 12.4 Å². The molecular formula is C17H25ClN2O. The standard InChI is InChI=1S/C17H24N2O.ClH/c1-18-16-8-10-19(11-9-16)17(20)15-7-6-13-4-2-3-5-14(13)12-15;/h6-7,12,16,18H,2-5,8-11H2,1H3;1H. The van der Waals surface area contributed by atoms with Crippen LogP contribution in [-0.4, -0.2) is 37.0 Å². The summed E-state index contributed by atoms with van der Waals surface area (Å²) in [7, 11) is 2.01. The Morgan fingerprint density at radius 2 is 1.81 bits per heavy atom. The average Bonchev–Trinajstić information content (AvgIpc) is 2.54. The molecule has 116 valence electrons. The Kier molecular flexibility index (Phi) is 5.65. The molecule has 1 amide bonds. The van der Waals surface area contributed by atoms with E-state index in [1.165, 1.54) is 30.4 Å². The fourth-order valence-electron chi connectivity index (χ4n) is 3.42. The lowest BCUT2D eigenvalue weighted by molar-refractivity contribution is 0.0707. The summed E-state index contributed by atoms with van der Waals surface area (Å²) in [4.78, 5) is 14.6. The largest absolute Gasteiger partial charge is 0.339 e. The quantitative estimate of drug-likeness (QED) is 0.911. The minimum Gasteiger partial charge on any atom is -0.339 e. The number of benzene rings is 1. The van der Waals surface area contributed by atoms with E-state index in [1.54, 1.807) is 0 Å². The van der Waals surface area contributed by atoms with Gasteiger partial charge in [0.05, 0.1) is 0 Å². The van der Waals surface area contributed by atoms with Crippen LogP contribution in [-0.2, 0) is 12.8 Å². The van der Waals surface area contributed by atoms with Gasteiger partial charge in [0.15, 0.2) is 0 Å². The van der Waals surface area contributed by atoms with Crippen LogP contribution in [0.2, 0.25) is 0 Å². The van der Waals surface area contributed by atoms with Crippen LogP contribution in [0.4, 0.5) is 0 Å². The molecule has 3 nitrogen and oxygen atoms in total. The zero-order valence-corrected chi connectivity index (χ0v) is 13.5. The lowest BCUT2D eigenvalue weighted by Gasteiger charge is -2.32. The molecule has 0 aromatic heterocycles. The Bertz CT molecular complexity index is 496. The maximum atomic E-state index is 12.6. The molecule has 1 aliphatic heterocycles. The molecule has 0 atom stereocenters. The van der Waals surface area contributed by atoms with Crippen LogP contribution in [0.25, 0.3) is 0 Å². The van der Waals surface area contributed by atoms with Crippen LogP contribution >= 0.6 is 12.4 Å². The van der Waals surface area contributed by atoms with Crippen LogP contribution < -0.4 is 5.32 Å². The highest BCUT2D eigenvalue weighted by Crippen LogP contribution is 2.23. The second kappa shape index (κ2) is 7.28. The molecule has 1 saturated heterocycles. The van der Waals surface area contributed by atoms with Gasteiger partial charge in [0.25, 0.3) is 5.91 Å². The van der Waals surface area contributed by atoms with E-state index in [-0.39, 0.29) is 18.3 Å². The number of halogens is 1. The number of nitrogens with zero attached hydrogens (tertiary/aromatic N) is 1. The maximum Gasteiger partial charge on any atom is 0.253 e. The van der Waals surface area contributed by atoms with Crippen LogP contribution in [0.15, 0.2) is 18.2 Å². The fourth-order valence-corrected chi connectivity index (χ4v) is 3.42. The predicted octanol–water partition coefficient (Wildman–Crippen LogP) is 2.81. The van der Waals surface area contributed by atoms with E-state index < -0.39 is 0 Å². The number of piperidine rings is 1. The molecule has 2 aliphatic rings. The van der Waals surface area contributed by atoms with Gasteiger partial charge in [-0.3, -0.25) is 4.79 Å². The third-order valence-electron chi connectivity index (χ3n) is 4.79. The van der Waals surface area contributed by atoms with E-state index in [2.05, 4.69) is 17.4 Å². The Morgan fingerprint density at radius 1 is 1.14 bits per heavy atom. The lowest BCUT2D eigenvalue weighted by atomic mass is 9.90.